The van der Waals surface area contributed by atoms with Crippen LogP contribution in [0.4, 0.5) is 0 Å². The van der Waals surface area contributed by atoms with Crippen LogP contribution >= 0.6 is 11.3 Å². The van der Waals surface area contributed by atoms with Crippen molar-refractivity contribution in [2.45, 2.75) is 38.3 Å². The molecule has 2 atom stereocenters. The van der Waals surface area contributed by atoms with Gasteiger partial charge in [0, 0.05) is 10.9 Å². The molecule has 1 aliphatic heterocycles. The molecule has 2 aromatic rings. The van der Waals surface area contributed by atoms with E-state index in [-0.39, 0.29) is 11.5 Å². The highest BCUT2D eigenvalue weighted by atomic mass is 32.2. The molecule has 1 aromatic heterocycles. The molecule has 2 aliphatic rings. The highest BCUT2D eigenvalue weighted by Gasteiger charge is 2.31. The van der Waals surface area contributed by atoms with E-state index in [1.165, 1.54) is 23.8 Å². The van der Waals surface area contributed by atoms with Crippen LogP contribution in [0.3, 0.4) is 0 Å². The molecule has 0 spiro atoms. The molecular weight excluding hydrogens is 398 g/mol. The quantitative estimate of drug-likeness (QED) is 0.769. The summed E-state index contributed by atoms with van der Waals surface area (Å²) < 4.78 is 28.3. The van der Waals surface area contributed by atoms with Gasteiger partial charge in [-0.05, 0) is 48.9 Å². The second-order valence-electron chi connectivity index (χ2n) is 7.28. The second-order valence-corrected chi connectivity index (χ2v) is 10.6. The molecule has 1 saturated heterocycles. The third-order valence-corrected chi connectivity index (χ3v) is 8.13. The van der Waals surface area contributed by atoms with Crippen LogP contribution in [0, 0.1) is 0 Å². The third-order valence-electron chi connectivity index (χ3n) is 5.17. The highest BCUT2D eigenvalue weighted by Crippen LogP contribution is 2.39. The van der Waals surface area contributed by atoms with E-state index in [0.29, 0.717) is 11.3 Å². The normalized spacial score (nSPS) is 20.7. The van der Waals surface area contributed by atoms with Gasteiger partial charge in [0.05, 0.1) is 11.5 Å². The van der Waals surface area contributed by atoms with Gasteiger partial charge < -0.3 is 10.1 Å². The van der Waals surface area contributed by atoms with Crippen molar-refractivity contribution in [1.29, 1.82) is 0 Å². The molecule has 1 N–H and O–H groups in total. The minimum Gasteiger partial charge on any atom is -0.448 e. The molecule has 0 bridgehead atoms. The van der Waals surface area contributed by atoms with Gasteiger partial charge in [-0.2, -0.15) is 0 Å². The first-order valence-electron chi connectivity index (χ1n) is 9.25. The minimum absolute atomic E-state index is 0.0591. The second kappa shape index (κ2) is 7.33. The van der Waals surface area contributed by atoms with E-state index in [1.54, 1.807) is 0 Å². The zero-order chi connectivity index (χ0) is 19.9. The number of hydrogen-bond donors (Lipinski definition) is 1. The number of esters is 1. The van der Waals surface area contributed by atoms with E-state index in [4.69, 9.17) is 4.74 Å². The molecule has 148 valence electrons. The SMILES string of the molecule is C[C@@H](OC(=O)c1cc2c(s1)-c1ccccc1CC2)C(=O)N[C@@H]1CCS(=O)(=O)C1. The number of rotatable bonds is 4. The van der Waals surface area contributed by atoms with Crippen LogP contribution < -0.4 is 5.32 Å². The Kier molecular flexibility index (Phi) is 5.01. The summed E-state index contributed by atoms with van der Waals surface area (Å²) in [6.07, 6.45) is 1.23. The van der Waals surface area contributed by atoms with Crippen molar-refractivity contribution >= 4 is 33.1 Å². The molecule has 6 nitrogen and oxygen atoms in total. The van der Waals surface area contributed by atoms with Crippen molar-refractivity contribution in [2.75, 3.05) is 11.5 Å². The predicted octanol–water partition coefficient (Wildman–Crippen LogP) is 2.36. The Balaban J connectivity index is 1.42. The Labute approximate surface area is 167 Å². The first kappa shape index (κ1) is 19.1. The van der Waals surface area contributed by atoms with Crippen molar-refractivity contribution < 1.29 is 22.7 Å². The van der Waals surface area contributed by atoms with Gasteiger partial charge in [-0.3, -0.25) is 4.79 Å². The Morgan fingerprint density at radius 2 is 1.96 bits per heavy atom. The summed E-state index contributed by atoms with van der Waals surface area (Å²) in [6, 6.07) is 9.61. The molecule has 1 aromatic carbocycles. The zero-order valence-corrected chi connectivity index (χ0v) is 17.1. The summed E-state index contributed by atoms with van der Waals surface area (Å²) in [4.78, 5) is 26.4. The lowest BCUT2D eigenvalue weighted by atomic mass is 9.91. The van der Waals surface area contributed by atoms with E-state index in [2.05, 4.69) is 17.4 Å². The number of nitrogens with one attached hydrogen (secondary N) is 1. The summed E-state index contributed by atoms with van der Waals surface area (Å²) in [5.74, 6) is -0.981. The number of aryl methyl sites for hydroxylation is 2. The fourth-order valence-corrected chi connectivity index (χ4v) is 6.50. The van der Waals surface area contributed by atoms with Gasteiger partial charge in [-0.25, -0.2) is 13.2 Å². The Hall–Kier alpha value is -2.19. The van der Waals surface area contributed by atoms with Crippen LogP contribution in [0.25, 0.3) is 10.4 Å². The van der Waals surface area contributed by atoms with Gasteiger partial charge in [0.2, 0.25) is 0 Å². The summed E-state index contributed by atoms with van der Waals surface area (Å²) in [5.41, 5.74) is 3.56. The molecule has 1 fully saturated rings. The summed E-state index contributed by atoms with van der Waals surface area (Å²) in [5, 5.41) is 2.66. The molecule has 1 amide bonds. The number of carbonyl (C=O) groups excluding carboxylic acids is 2. The van der Waals surface area contributed by atoms with Crippen molar-refractivity contribution in [1.82, 2.24) is 5.32 Å². The average molecular weight is 420 g/mol. The van der Waals surface area contributed by atoms with E-state index in [1.807, 2.05) is 18.2 Å². The lowest BCUT2D eigenvalue weighted by Gasteiger charge is -2.16. The number of hydrogen-bond acceptors (Lipinski definition) is 6. The Morgan fingerprint density at radius 1 is 1.21 bits per heavy atom. The number of amides is 1. The lowest BCUT2D eigenvalue weighted by Crippen LogP contribution is -2.42. The topological polar surface area (TPSA) is 89.5 Å². The Bertz CT molecular complexity index is 1040. The van der Waals surface area contributed by atoms with Crippen LogP contribution in [0.1, 0.15) is 34.1 Å². The number of fused-ring (bicyclic) bond motifs is 3. The maximum atomic E-state index is 12.5. The van der Waals surface area contributed by atoms with Gasteiger partial charge in [0.25, 0.3) is 5.91 Å². The number of ether oxygens (including phenoxy) is 1. The van der Waals surface area contributed by atoms with Crippen LogP contribution in [-0.4, -0.2) is 43.9 Å². The Morgan fingerprint density at radius 3 is 2.71 bits per heavy atom. The van der Waals surface area contributed by atoms with E-state index in [0.717, 1.165) is 28.8 Å². The fraction of sp³-hybridized carbons (Fsp3) is 0.400. The number of sulfone groups is 1. The van der Waals surface area contributed by atoms with Gasteiger partial charge in [0.1, 0.15) is 4.88 Å². The molecular formula is C20H21NO5S2. The van der Waals surface area contributed by atoms with Crippen molar-refractivity contribution in [3.8, 4) is 10.4 Å². The van der Waals surface area contributed by atoms with Gasteiger partial charge >= 0.3 is 5.97 Å². The maximum absolute atomic E-state index is 12.5. The fourth-order valence-electron chi connectivity index (χ4n) is 3.67. The molecule has 0 unspecified atom stereocenters. The minimum atomic E-state index is -3.08. The molecule has 0 radical (unpaired) electrons. The number of carbonyl (C=O) groups is 2. The van der Waals surface area contributed by atoms with Crippen molar-refractivity contribution in [3.05, 3.63) is 46.3 Å². The van der Waals surface area contributed by atoms with Crippen LogP contribution in [-0.2, 0) is 32.2 Å². The van der Waals surface area contributed by atoms with Gasteiger partial charge in [0.15, 0.2) is 15.9 Å². The standard InChI is InChI=1S/C20H21NO5S2/c1-12(19(22)21-15-8-9-28(24,25)11-15)26-20(23)17-10-14-7-6-13-4-2-3-5-16(13)18(14)27-17/h2-5,10,12,15H,6-9,11H2,1H3,(H,21,22)/t12-,15-/m1/s1. The summed E-state index contributed by atoms with van der Waals surface area (Å²) in [7, 11) is -3.08. The molecule has 0 saturated carbocycles. The molecule has 8 heteroatoms. The highest BCUT2D eigenvalue weighted by molar-refractivity contribution is 7.91. The smallest absolute Gasteiger partial charge is 0.349 e. The zero-order valence-electron chi connectivity index (χ0n) is 15.4. The van der Waals surface area contributed by atoms with Crippen molar-refractivity contribution in [3.63, 3.8) is 0 Å². The first-order chi connectivity index (χ1) is 13.3. The third kappa shape index (κ3) is 3.84. The van der Waals surface area contributed by atoms with Gasteiger partial charge in [-0.1, -0.05) is 24.3 Å². The van der Waals surface area contributed by atoms with Gasteiger partial charge in [-0.15, -0.1) is 11.3 Å². The van der Waals surface area contributed by atoms with E-state index in [9.17, 15) is 18.0 Å². The van der Waals surface area contributed by atoms with E-state index < -0.39 is 33.9 Å². The predicted molar refractivity (Wildman–Crippen MR) is 107 cm³/mol. The van der Waals surface area contributed by atoms with E-state index >= 15 is 0 Å². The number of benzene rings is 1. The van der Waals surface area contributed by atoms with Crippen LogP contribution in [0.2, 0.25) is 0 Å². The molecule has 4 rings (SSSR count). The van der Waals surface area contributed by atoms with Crippen molar-refractivity contribution in [2.24, 2.45) is 0 Å². The molecule has 28 heavy (non-hydrogen) atoms. The monoisotopic (exact) mass is 419 g/mol. The summed E-state index contributed by atoms with van der Waals surface area (Å²) >= 11 is 1.39. The van der Waals surface area contributed by atoms with Crippen LogP contribution in [0.5, 0.6) is 0 Å². The molecule has 2 heterocycles. The largest absolute Gasteiger partial charge is 0.448 e. The maximum Gasteiger partial charge on any atom is 0.349 e. The molecule has 1 aliphatic carbocycles. The number of thiophene rings is 1. The van der Waals surface area contributed by atoms with Crippen LogP contribution in [0.15, 0.2) is 30.3 Å². The first-order valence-corrected chi connectivity index (χ1v) is 11.9. The summed E-state index contributed by atoms with van der Waals surface area (Å²) in [6.45, 7) is 1.50. The lowest BCUT2D eigenvalue weighted by molar-refractivity contribution is -0.129. The average Bonchev–Trinajstić information content (AvgIpc) is 3.24.